The number of nitrogens with zero attached hydrogens (tertiary/aromatic N) is 3. The standard InChI is InChI=1S/C17H18N4OS/c1-11-3-5-13-14(8-18)17(23-15(13)7-11)20-16(22)6-4-12-9-19-21(2)10-12/h4,6,9-11H,3,5,7H2,1-2H3,(H,20,22)/b6-4-. The molecule has 0 fully saturated rings. The van der Waals surface area contributed by atoms with Crippen LogP contribution in [-0.4, -0.2) is 15.7 Å². The molecular formula is C17H18N4OS. The normalized spacial score (nSPS) is 17.0. The topological polar surface area (TPSA) is 70.7 Å². The lowest BCUT2D eigenvalue weighted by atomic mass is 9.89. The Hall–Kier alpha value is -2.39. The maximum Gasteiger partial charge on any atom is 0.249 e. The summed E-state index contributed by atoms with van der Waals surface area (Å²) in [5, 5.41) is 17.0. The van der Waals surface area contributed by atoms with E-state index < -0.39 is 0 Å². The fraction of sp³-hybridized carbons (Fsp3) is 0.353. The van der Waals surface area contributed by atoms with Crippen molar-refractivity contribution >= 4 is 28.3 Å². The second-order valence-corrected chi connectivity index (χ2v) is 7.04. The number of carbonyl (C=O) groups is 1. The first-order valence-corrected chi connectivity index (χ1v) is 8.41. The van der Waals surface area contributed by atoms with E-state index in [1.165, 1.54) is 22.3 Å². The Morgan fingerprint density at radius 2 is 2.43 bits per heavy atom. The third kappa shape index (κ3) is 3.35. The van der Waals surface area contributed by atoms with E-state index in [0.717, 1.165) is 30.4 Å². The number of rotatable bonds is 3. The summed E-state index contributed by atoms with van der Waals surface area (Å²) in [7, 11) is 1.83. The number of carbonyl (C=O) groups excluding carboxylic acids is 1. The summed E-state index contributed by atoms with van der Waals surface area (Å²) < 4.78 is 1.68. The van der Waals surface area contributed by atoms with Gasteiger partial charge in [-0.05, 0) is 36.8 Å². The van der Waals surface area contributed by atoms with Crippen LogP contribution in [0.4, 0.5) is 5.00 Å². The molecule has 0 bridgehead atoms. The Morgan fingerprint density at radius 1 is 1.61 bits per heavy atom. The number of hydrogen-bond acceptors (Lipinski definition) is 4. The molecular weight excluding hydrogens is 308 g/mol. The Labute approximate surface area is 139 Å². The Balaban J connectivity index is 1.76. The third-order valence-electron chi connectivity index (χ3n) is 4.01. The van der Waals surface area contributed by atoms with Crippen LogP contribution < -0.4 is 5.32 Å². The van der Waals surface area contributed by atoms with Crippen LogP contribution in [0.1, 0.15) is 34.9 Å². The maximum absolute atomic E-state index is 12.1. The van der Waals surface area contributed by atoms with Gasteiger partial charge in [-0.3, -0.25) is 9.48 Å². The van der Waals surface area contributed by atoms with E-state index in [-0.39, 0.29) is 5.91 Å². The molecule has 5 nitrogen and oxygen atoms in total. The van der Waals surface area contributed by atoms with Crippen molar-refractivity contribution in [2.45, 2.75) is 26.2 Å². The number of nitriles is 1. The number of fused-ring (bicyclic) bond motifs is 1. The average Bonchev–Trinajstić information content (AvgIpc) is 3.07. The quantitative estimate of drug-likeness (QED) is 0.881. The molecule has 118 valence electrons. The van der Waals surface area contributed by atoms with E-state index in [2.05, 4.69) is 23.4 Å². The van der Waals surface area contributed by atoms with Crippen LogP contribution in [0.25, 0.3) is 6.08 Å². The SMILES string of the molecule is CC1CCc2c(sc(NC(=O)/C=C\c3cnn(C)c3)c2C#N)C1. The molecule has 1 amide bonds. The molecule has 0 aliphatic heterocycles. The first-order chi connectivity index (χ1) is 11.1. The highest BCUT2D eigenvalue weighted by Crippen LogP contribution is 2.39. The first kappa shape index (κ1) is 15.5. The lowest BCUT2D eigenvalue weighted by molar-refractivity contribution is -0.111. The van der Waals surface area contributed by atoms with Gasteiger partial charge in [-0.1, -0.05) is 6.92 Å². The summed E-state index contributed by atoms with van der Waals surface area (Å²) in [5.74, 6) is 0.415. The molecule has 2 aromatic heterocycles. The van der Waals surface area contributed by atoms with Crippen LogP contribution in [0.3, 0.4) is 0 Å². The van der Waals surface area contributed by atoms with Gasteiger partial charge in [0.25, 0.3) is 0 Å². The van der Waals surface area contributed by atoms with Crippen molar-refractivity contribution in [1.29, 1.82) is 5.26 Å². The number of anilines is 1. The van der Waals surface area contributed by atoms with Gasteiger partial charge in [-0.15, -0.1) is 11.3 Å². The molecule has 0 aromatic carbocycles. The van der Waals surface area contributed by atoms with Gasteiger partial charge in [0.05, 0.1) is 11.8 Å². The lowest BCUT2D eigenvalue weighted by Gasteiger charge is -2.17. The third-order valence-corrected chi connectivity index (χ3v) is 5.18. The van der Waals surface area contributed by atoms with Gasteiger partial charge in [0, 0.05) is 29.8 Å². The number of thiophene rings is 1. The van der Waals surface area contributed by atoms with Crippen molar-refractivity contribution in [2.24, 2.45) is 13.0 Å². The molecule has 1 unspecified atom stereocenters. The van der Waals surface area contributed by atoms with E-state index in [9.17, 15) is 10.1 Å². The zero-order valence-electron chi connectivity index (χ0n) is 13.2. The number of amides is 1. The largest absolute Gasteiger partial charge is 0.313 e. The van der Waals surface area contributed by atoms with E-state index >= 15 is 0 Å². The van der Waals surface area contributed by atoms with Crippen LogP contribution in [0.5, 0.6) is 0 Å². The minimum atomic E-state index is -0.225. The van der Waals surface area contributed by atoms with Crippen molar-refractivity contribution < 1.29 is 4.79 Å². The number of aryl methyl sites for hydroxylation is 1. The summed E-state index contributed by atoms with van der Waals surface area (Å²) in [6.07, 6.45) is 9.73. The molecule has 3 rings (SSSR count). The first-order valence-electron chi connectivity index (χ1n) is 7.59. The van der Waals surface area contributed by atoms with Crippen molar-refractivity contribution in [3.63, 3.8) is 0 Å². The van der Waals surface area contributed by atoms with Gasteiger partial charge in [0.1, 0.15) is 11.1 Å². The predicted octanol–water partition coefficient (Wildman–Crippen LogP) is 3.13. The van der Waals surface area contributed by atoms with E-state index in [4.69, 9.17) is 0 Å². The van der Waals surface area contributed by atoms with Gasteiger partial charge >= 0.3 is 0 Å². The highest BCUT2D eigenvalue weighted by Gasteiger charge is 2.24. The molecule has 2 aromatic rings. The van der Waals surface area contributed by atoms with Gasteiger partial charge in [-0.25, -0.2) is 0 Å². The summed E-state index contributed by atoms with van der Waals surface area (Å²) >= 11 is 1.54. The van der Waals surface area contributed by atoms with Crippen LogP contribution in [0.15, 0.2) is 18.5 Å². The molecule has 1 atom stereocenters. The fourth-order valence-electron chi connectivity index (χ4n) is 2.81. The monoisotopic (exact) mass is 326 g/mol. The second kappa shape index (κ2) is 6.39. The van der Waals surface area contributed by atoms with Crippen LogP contribution in [0, 0.1) is 17.2 Å². The zero-order chi connectivity index (χ0) is 16.4. The van der Waals surface area contributed by atoms with E-state index in [0.29, 0.717) is 16.5 Å². The number of aromatic nitrogens is 2. The fourth-order valence-corrected chi connectivity index (χ4v) is 4.17. The van der Waals surface area contributed by atoms with Gasteiger partial charge in [0.15, 0.2) is 0 Å². The molecule has 1 aliphatic rings. The summed E-state index contributed by atoms with van der Waals surface area (Å²) in [6, 6.07) is 2.26. The minimum Gasteiger partial charge on any atom is -0.313 e. The van der Waals surface area contributed by atoms with Gasteiger partial charge in [0.2, 0.25) is 5.91 Å². The summed E-state index contributed by atoms with van der Waals surface area (Å²) in [5.41, 5.74) is 2.63. The summed E-state index contributed by atoms with van der Waals surface area (Å²) in [6.45, 7) is 2.23. The highest BCUT2D eigenvalue weighted by atomic mass is 32.1. The van der Waals surface area contributed by atoms with E-state index in [1.54, 1.807) is 17.0 Å². The van der Waals surface area contributed by atoms with Crippen LogP contribution in [-0.2, 0) is 24.7 Å². The Bertz CT molecular complexity index is 809. The lowest BCUT2D eigenvalue weighted by Crippen LogP contribution is -2.10. The zero-order valence-corrected chi connectivity index (χ0v) is 14.0. The van der Waals surface area contributed by atoms with Crippen molar-refractivity contribution in [2.75, 3.05) is 5.32 Å². The molecule has 1 N–H and O–H groups in total. The van der Waals surface area contributed by atoms with Crippen molar-refractivity contribution in [3.8, 4) is 6.07 Å². The van der Waals surface area contributed by atoms with Crippen LogP contribution >= 0.6 is 11.3 Å². The van der Waals surface area contributed by atoms with Crippen LogP contribution in [0.2, 0.25) is 0 Å². The average molecular weight is 326 g/mol. The van der Waals surface area contributed by atoms with Gasteiger partial charge in [-0.2, -0.15) is 10.4 Å². The van der Waals surface area contributed by atoms with Crippen molar-refractivity contribution in [1.82, 2.24) is 9.78 Å². The molecule has 0 radical (unpaired) electrons. The Morgan fingerprint density at radius 3 is 3.13 bits per heavy atom. The van der Waals surface area contributed by atoms with Gasteiger partial charge < -0.3 is 5.32 Å². The van der Waals surface area contributed by atoms with Crippen molar-refractivity contribution in [3.05, 3.63) is 40.0 Å². The smallest absolute Gasteiger partial charge is 0.249 e. The van der Waals surface area contributed by atoms with E-state index in [1.807, 2.05) is 13.2 Å². The Kier molecular flexibility index (Phi) is 4.30. The minimum absolute atomic E-state index is 0.225. The molecule has 0 saturated heterocycles. The summed E-state index contributed by atoms with van der Waals surface area (Å²) in [4.78, 5) is 13.4. The molecule has 1 aliphatic carbocycles. The second-order valence-electron chi connectivity index (χ2n) is 5.94. The molecule has 0 spiro atoms. The molecule has 23 heavy (non-hydrogen) atoms. The number of hydrogen-bond donors (Lipinski definition) is 1. The molecule has 6 heteroatoms. The predicted molar refractivity (Wildman–Crippen MR) is 91.1 cm³/mol. The molecule has 0 saturated carbocycles. The maximum atomic E-state index is 12.1. The highest BCUT2D eigenvalue weighted by molar-refractivity contribution is 7.16. The molecule has 2 heterocycles. The number of nitrogens with one attached hydrogen (secondary N) is 1.